The number of aliphatic hydroxyl groups is 2. The Morgan fingerprint density at radius 3 is 2.61 bits per heavy atom. The molecular weight excluding hydrogens is 352 g/mol. The molecule has 0 aromatic carbocycles. The summed E-state index contributed by atoms with van der Waals surface area (Å²) in [6.45, 7) is 10.0. The van der Waals surface area contributed by atoms with E-state index < -0.39 is 12.7 Å². The Labute approximate surface area is 169 Å². The number of carbonyl (C=O) groups excluding carboxylic acids is 2. The molecule has 0 spiro atoms. The Morgan fingerprint density at radius 1 is 1.29 bits per heavy atom. The highest BCUT2D eigenvalue weighted by atomic mass is 16.3. The van der Waals surface area contributed by atoms with E-state index in [2.05, 4.69) is 20.8 Å². The molecule has 4 rings (SSSR count). The summed E-state index contributed by atoms with van der Waals surface area (Å²) in [5, 5.41) is 20.7. The van der Waals surface area contributed by atoms with Gasteiger partial charge in [0.1, 0.15) is 6.61 Å². The Kier molecular flexibility index (Phi) is 5.77. The zero-order chi connectivity index (χ0) is 20.9. The molecule has 4 aliphatic carbocycles. The Balaban J connectivity index is 0.00000109. The summed E-state index contributed by atoms with van der Waals surface area (Å²) in [6.07, 6.45) is 8.39. The monoisotopic (exact) mass is 388 g/mol. The minimum Gasteiger partial charge on any atom is -0.393 e. The molecule has 8 unspecified atom stereocenters. The molecular formula is C24H36O4. The van der Waals surface area contributed by atoms with Crippen LogP contribution in [0.3, 0.4) is 0 Å². The fourth-order valence-electron chi connectivity index (χ4n) is 7.48. The molecule has 8 atom stereocenters. The number of aliphatic hydroxyl groups excluding tert-OH is 2. The van der Waals surface area contributed by atoms with Gasteiger partial charge in [0, 0.05) is 17.3 Å². The van der Waals surface area contributed by atoms with Gasteiger partial charge in [0.05, 0.1) is 6.10 Å². The zero-order valence-electron chi connectivity index (χ0n) is 17.9. The van der Waals surface area contributed by atoms with Crippen molar-refractivity contribution >= 4 is 11.6 Å². The standard InChI is InChI=1S/C22H30O4.C2H6/c1-12-8-16-15-5-4-13-9-14(24)6-7-21(13,2)20(15)17(25)10-22(16,3)19(12)18(26)11-23;1-2/h6-7,9,12,15-17,19-20,23,25H,4-5,8,10-11H2,1-3H3;1-2H3. The number of hydrogen-bond acceptors (Lipinski definition) is 4. The van der Waals surface area contributed by atoms with Crippen molar-refractivity contribution in [2.75, 3.05) is 6.61 Å². The molecule has 4 aliphatic rings. The molecule has 156 valence electrons. The molecule has 28 heavy (non-hydrogen) atoms. The average Bonchev–Trinajstić information content (AvgIpc) is 2.93. The van der Waals surface area contributed by atoms with E-state index >= 15 is 0 Å². The third-order valence-electron chi connectivity index (χ3n) is 8.34. The largest absolute Gasteiger partial charge is 0.393 e. The number of Topliss-reactive ketones (excluding diaryl/α,β-unsaturated/α-hetero) is 1. The van der Waals surface area contributed by atoms with E-state index in [1.165, 1.54) is 0 Å². The molecule has 4 nitrogen and oxygen atoms in total. The van der Waals surface area contributed by atoms with Gasteiger partial charge in [0.15, 0.2) is 11.6 Å². The molecule has 3 fully saturated rings. The second-order valence-corrected chi connectivity index (χ2v) is 9.62. The van der Waals surface area contributed by atoms with Crippen molar-refractivity contribution in [3.63, 3.8) is 0 Å². The molecule has 4 heteroatoms. The van der Waals surface area contributed by atoms with Crippen LogP contribution >= 0.6 is 0 Å². The van der Waals surface area contributed by atoms with Gasteiger partial charge in [-0.3, -0.25) is 9.59 Å². The van der Waals surface area contributed by atoms with Crippen molar-refractivity contribution in [3.8, 4) is 0 Å². The first kappa shape index (κ1) is 21.4. The molecule has 0 radical (unpaired) electrons. The second-order valence-electron chi connectivity index (χ2n) is 9.62. The average molecular weight is 389 g/mol. The van der Waals surface area contributed by atoms with Crippen molar-refractivity contribution in [2.45, 2.75) is 66.4 Å². The predicted molar refractivity (Wildman–Crippen MR) is 109 cm³/mol. The highest BCUT2D eigenvalue weighted by Gasteiger charge is 2.64. The molecule has 3 saturated carbocycles. The number of rotatable bonds is 2. The third-order valence-corrected chi connectivity index (χ3v) is 8.34. The summed E-state index contributed by atoms with van der Waals surface area (Å²) in [5.74, 6) is 0.886. The van der Waals surface area contributed by atoms with E-state index in [1.54, 1.807) is 12.2 Å². The molecule has 2 N–H and O–H groups in total. The van der Waals surface area contributed by atoms with Crippen molar-refractivity contribution in [2.24, 2.45) is 40.4 Å². The molecule has 0 aromatic rings. The molecule has 0 bridgehead atoms. The summed E-state index contributed by atoms with van der Waals surface area (Å²) in [7, 11) is 0. The van der Waals surface area contributed by atoms with Gasteiger partial charge in [-0.25, -0.2) is 0 Å². The van der Waals surface area contributed by atoms with Crippen molar-refractivity contribution in [1.29, 1.82) is 0 Å². The van der Waals surface area contributed by atoms with Crippen LogP contribution in [0.25, 0.3) is 0 Å². The second kappa shape index (κ2) is 7.53. The van der Waals surface area contributed by atoms with Gasteiger partial charge in [-0.1, -0.05) is 46.3 Å². The zero-order valence-corrected chi connectivity index (χ0v) is 17.9. The van der Waals surface area contributed by atoms with E-state index in [-0.39, 0.29) is 40.2 Å². The van der Waals surface area contributed by atoms with Crippen LogP contribution in [-0.4, -0.2) is 34.5 Å². The van der Waals surface area contributed by atoms with Gasteiger partial charge in [-0.15, -0.1) is 0 Å². The van der Waals surface area contributed by atoms with Crippen molar-refractivity contribution < 1.29 is 19.8 Å². The number of fused-ring (bicyclic) bond motifs is 5. The third kappa shape index (κ3) is 2.95. The predicted octanol–water partition coefficient (Wildman–Crippen LogP) is 3.71. The lowest BCUT2D eigenvalue weighted by Gasteiger charge is -2.58. The molecule has 0 aromatic heterocycles. The van der Waals surface area contributed by atoms with Crippen LogP contribution in [-0.2, 0) is 9.59 Å². The molecule has 0 amide bonds. The quantitative estimate of drug-likeness (QED) is 0.756. The highest BCUT2D eigenvalue weighted by Crippen LogP contribution is 2.67. The van der Waals surface area contributed by atoms with Gasteiger partial charge < -0.3 is 10.2 Å². The first-order valence-corrected chi connectivity index (χ1v) is 11.0. The van der Waals surface area contributed by atoms with Crippen LogP contribution < -0.4 is 0 Å². The van der Waals surface area contributed by atoms with E-state index in [0.717, 1.165) is 24.8 Å². The van der Waals surface area contributed by atoms with Crippen molar-refractivity contribution in [1.82, 2.24) is 0 Å². The van der Waals surface area contributed by atoms with Gasteiger partial charge in [-0.2, -0.15) is 0 Å². The van der Waals surface area contributed by atoms with Gasteiger partial charge >= 0.3 is 0 Å². The fourth-order valence-corrected chi connectivity index (χ4v) is 7.48. The lowest BCUT2D eigenvalue weighted by atomic mass is 9.46. The molecule has 0 saturated heterocycles. The normalized spacial score (nSPS) is 46.5. The van der Waals surface area contributed by atoms with E-state index in [4.69, 9.17) is 0 Å². The van der Waals surface area contributed by atoms with Crippen LogP contribution in [0.15, 0.2) is 23.8 Å². The fraction of sp³-hybridized carbons (Fsp3) is 0.750. The maximum atomic E-state index is 12.5. The number of ketones is 2. The number of carbonyl (C=O) groups is 2. The van der Waals surface area contributed by atoms with Crippen LogP contribution in [0.1, 0.15) is 60.3 Å². The Morgan fingerprint density at radius 2 is 1.96 bits per heavy atom. The first-order chi connectivity index (χ1) is 13.2. The number of allylic oxidation sites excluding steroid dienone is 4. The lowest BCUT2D eigenvalue weighted by Crippen LogP contribution is -2.56. The van der Waals surface area contributed by atoms with Crippen LogP contribution in [0.2, 0.25) is 0 Å². The van der Waals surface area contributed by atoms with Crippen LogP contribution in [0.5, 0.6) is 0 Å². The van der Waals surface area contributed by atoms with E-state index in [9.17, 15) is 19.8 Å². The SMILES string of the molecule is CC.CC1CC2C3CCC4=CC(=O)C=CC4(C)C3C(O)CC2(C)C1C(=O)CO. The molecule has 0 heterocycles. The van der Waals surface area contributed by atoms with Crippen LogP contribution in [0, 0.1) is 40.4 Å². The summed E-state index contributed by atoms with van der Waals surface area (Å²) < 4.78 is 0. The minimum atomic E-state index is -0.493. The summed E-state index contributed by atoms with van der Waals surface area (Å²) in [4.78, 5) is 24.3. The number of hydrogen-bond donors (Lipinski definition) is 2. The van der Waals surface area contributed by atoms with Gasteiger partial charge in [0.2, 0.25) is 0 Å². The molecule has 0 aliphatic heterocycles. The van der Waals surface area contributed by atoms with E-state index in [1.807, 2.05) is 19.9 Å². The lowest BCUT2D eigenvalue weighted by molar-refractivity contribution is -0.142. The van der Waals surface area contributed by atoms with E-state index in [0.29, 0.717) is 18.3 Å². The maximum Gasteiger partial charge on any atom is 0.178 e. The van der Waals surface area contributed by atoms with Gasteiger partial charge in [-0.05, 0) is 61.0 Å². The first-order valence-electron chi connectivity index (χ1n) is 11.0. The topological polar surface area (TPSA) is 74.6 Å². The highest BCUT2D eigenvalue weighted by molar-refractivity contribution is 6.01. The summed E-state index contributed by atoms with van der Waals surface area (Å²) in [6, 6.07) is 0. The van der Waals surface area contributed by atoms with Crippen molar-refractivity contribution in [3.05, 3.63) is 23.8 Å². The Hall–Kier alpha value is -1.26. The van der Waals surface area contributed by atoms with Crippen LogP contribution in [0.4, 0.5) is 0 Å². The minimum absolute atomic E-state index is 0.0501. The maximum absolute atomic E-state index is 12.5. The summed E-state index contributed by atoms with van der Waals surface area (Å²) >= 11 is 0. The smallest absolute Gasteiger partial charge is 0.178 e. The Bertz CT molecular complexity index is 707. The summed E-state index contributed by atoms with van der Waals surface area (Å²) in [5.41, 5.74) is 0.647. The van der Waals surface area contributed by atoms with Gasteiger partial charge in [0.25, 0.3) is 0 Å².